The van der Waals surface area contributed by atoms with E-state index in [4.69, 9.17) is 5.14 Å². The smallest absolute Gasteiger partial charge is 0.337 e. The van der Waals surface area contributed by atoms with Crippen LogP contribution in [0.5, 0.6) is 0 Å². The molecule has 0 saturated heterocycles. The Morgan fingerprint density at radius 2 is 1.66 bits per heavy atom. The third kappa shape index (κ3) is 5.87. The van der Waals surface area contributed by atoms with Crippen LogP contribution in [0.1, 0.15) is 46.2 Å². The van der Waals surface area contributed by atoms with Crippen LogP contribution in [0, 0.1) is 6.92 Å². The topological polar surface area (TPSA) is 139 Å². The van der Waals surface area contributed by atoms with Crippen molar-refractivity contribution in [2.45, 2.75) is 56.8 Å². The van der Waals surface area contributed by atoms with Gasteiger partial charge in [-0.05, 0) is 103 Å². The monoisotopic (exact) mass is 532 g/mol. The Bertz CT molecular complexity index is 1460. The lowest BCUT2D eigenvalue weighted by Crippen LogP contribution is -2.30. The van der Waals surface area contributed by atoms with Crippen LogP contribution in [-0.4, -0.2) is 27.8 Å². The number of hydrogen-bond acceptors (Lipinski definition) is 4. The lowest BCUT2D eigenvalue weighted by Gasteiger charge is -2.15. The van der Waals surface area contributed by atoms with E-state index in [-0.39, 0.29) is 10.9 Å². The molecule has 3 aromatic rings. The van der Waals surface area contributed by atoms with Crippen LogP contribution < -0.4 is 21.1 Å². The van der Waals surface area contributed by atoms with Gasteiger partial charge in [0.15, 0.2) is 0 Å². The summed E-state index contributed by atoms with van der Waals surface area (Å²) in [6.07, 6.45) is 8.28. The lowest BCUT2D eigenvalue weighted by molar-refractivity contribution is 0.252. The van der Waals surface area contributed by atoms with Crippen molar-refractivity contribution in [3.05, 3.63) is 82.0 Å². The van der Waals surface area contributed by atoms with Crippen LogP contribution in [-0.2, 0) is 42.0 Å². The zero-order valence-electron chi connectivity index (χ0n) is 21.4. The van der Waals surface area contributed by atoms with Crippen LogP contribution in [0.25, 0.3) is 0 Å². The molecule has 0 aliphatic heterocycles. The van der Waals surface area contributed by atoms with E-state index >= 15 is 0 Å². The van der Waals surface area contributed by atoms with Crippen molar-refractivity contribution in [2.24, 2.45) is 9.50 Å². The number of rotatable bonds is 6. The lowest BCUT2D eigenvalue weighted by atomic mass is 9.99. The summed E-state index contributed by atoms with van der Waals surface area (Å²) in [5.41, 5.74) is 7.72. The molecule has 5 N–H and O–H groups in total. The molecule has 2 aliphatic rings. The highest BCUT2D eigenvalue weighted by Crippen LogP contribution is 2.38. The van der Waals surface area contributed by atoms with Gasteiger partial charge in [-0.2, -0.15) is 0 Å². The molecule has 1 atom stereocenters. The van der Waals surface area contributed by atoms with Gasteiger partial charge in [-0.3, -0.25) is 5.32 Å². The third-order valence-electron chi connectivity index (χ3n) is 7.04. The minimum absolute atomic E-state index is 0.274. The number of urea groups is 2. The maximum absolute atomic E-state index is 13.1. The number of nitrogens with one attached hydrogen (secondary N) is 3. The quantitative estimate of drug-likeness (QED) is 0.367. The molecule has 0 bridgehead atoms. The predicted octanol–water partition coefficient (Wildman–Crippen LogP) is 4.66. The summed E-state index contributed by atoms with van der Waals surface area (Å²) in [7, 11) is -3.42. The second-order valence-corrected chi connectivity index (χ2v) is 11.6. The van der Waals surface area contributed by atoms with Crippen molar-refractivity contribution in [3.8, 4) is 0 Å². The number of aryl methyl sites for hydroxylation is 3. The summed E-state index contributed by atoms with van der Waals surface area (Å²) in [5, 5.41) is 14.4. The van der Waals surface area contributed by atoms with E-state index in [0.29, 0.717) is 18.8 Å². The maximum atomic E-state index is 13.1. The molecule has 198 valence electrons. The summed E-state index contributed by atoms with van der Waals surface area (Å²) in [5.74, 6) is 0.476. The molecule has 1 unspecified atom stereocenters. The highest BCUT2D eigenvalue weighted by Gasteiger charge is 2.25. The third-order valence-corrected chi connectivity index (χ3v) is 8.42. The standard InChI is InChI=1S/C28H32N6O3S/c1-18-8-13-25(31-17-18)32-27(35)30-15-14-19-9-11-22(12-10-19)38(29,37)34-28(36)33-26-23-6-2-4-20(23)16-21-5-3-7-24(21)26/h8-13,16-17H,2-7,14-15H2,1H3,(H2,30,31,32,35)(H3,29,33,34,36,37). The van der Waals surface area contributed by atoms with Gasteiger partial charge >= 0.3 is 12.1 Å². The van der Waals surface area contributed by atoms with Gasteiger partial charge in [0.25, 0.3) is 0 Å². The van der Waals surface area contributed by atoms with E-state index in [0.717, 1.165) is 55.3 Å². The minimum atomic E-state index is -3.42. The number of anilines is 2. The predicted molar refractivity (Wildman–Crippen MR) is 149 cm³/mol. The van der Waals surface area contributed by atoms with Crippen molar-refractivity contribution >= 4 is 33.5 Å². The molecule has 9 nitrogen and oxygen atoms in total. The van der Waals surface area contributed by atoms with Crippen LogP contribution in [0.4, 0.5) is 21.1 Å². The molecule has 4 amide bonds. The van der Waals surface area contributed by atoms with E-state index < -0.39 is 15.9 Å². The van der Waals surface area contributed by atoms with Crippen LogP contribution >= 0.6 is 0 Å². The molecule has 2 aliphatic carbocycles. The Balaban J connectivity index is 1.19. The first-order valence-electron chi connectivity index (χ1n) is 12.9. The maximum Gasteiger partial charge on any atom is 0.354 e. The number of aromatic nitrogens is 1. The van der Waals surface area contributed by atoms with E-state index in [1.807, 2.05) is 13.0 Å². The summed E-state index contributed by atoms with van der Waals surface area (Å²) < 4.78 is 17.0. The molecule has 10 heteroatoms. The number of hydrogen-bond donors (Lipinski definition) is 4. The highest BCUT2D eigenvalue weighted by molar-refractivity contribution is 7.91. The van der Waals surface area contributed by atoms with Gasteiger partial charge in [-0.15, -0.1) is 4.36 Å². The Morgan fingerprint density at radius 1 is 0.974 bits per heavy atom. The molecule has 38 heavy (non-hydrogen) atoms. The zero-order valence-corrected chi connectivity index (χ0v) is 22.2. The highest BCUT2D eigenvalue weighted by atomic mass is 32.2. The normalized spacial score (nSPS) is 15.2. The van der Waals surface area contributed by atoms with Gasteiger partial charge in [0, 0.05) is 18.4 Å². The number of benzene rings is 2. The van der Waals surface area contributed by atoms with Crippen molar-refractivity contribution in [1.29, 1.82) is 0 Å². The van der Waals surface area contributed by atoms with Gasteiger partial charge in [0.1, 0.15) is 15.7 Å². The molecule has 1 heterocycles. The van der Waals surface area contributed by atoms with Crippen molar-refractivity contribution in [3.63, 3.8) is 0 Å². The van der Waals surface area contributed by atoms with Gasteiger partial charge in [0.05, 0.1) is 4.90 Å². The molecule has 5 rings (SSSR count). The van der Waals surface area contributed by atoms with Gasteiger partial charge in [-0.1, -0.05) is 24.3 Å². The molecule has 2 aromatic carbocycles. The fourth-order valence-corrected chi connectivity index (χ4v) is 6.07. The Morgan fingerprint density at radius 3 is 2.29 bits per heavy atom. The molecule has 0 radical (unpaired) electrons. The van der Waals surface area contributed by atoms with Crippen molar-refractivity contribution < 1.29 is 13.8 Å². The van der Waals surface area contributed by atoms with Gasteiger partial charge in [0.2, 0.25) is 0 Å². The minimum Gasteiger partial charge on any atom is -0.337 e. The first-order chi connectivity index (χ1) is 18.3. The summed E-state index contributed by atoms with van der Waals surface area (Å²) in [4.78, 5) is 29.3. The second kappa shape index (κ2) is 10.9. The fourth-order valence-electron chi connectivity index (χ4n) is 5.15. The fraction of sp³-hybridized carbons (Fsp3) is 0.321. The number of fused-ring (bicyclic) bond motifs is 2. The Kier molecular flexibility index (Phi) is 7.44. The van der Waals surface area contributed by atoms with Crippen LogP contribution in [0.15, 0.2) is 57.9 Å². The first kappa shape index (κ1) is 25.9. The average molecular weight is 533 g/mol. The SMILES string of the molecule is Cc1ccc(NC(=O)NCCc2ccc(S(N)(=O)=NC(=O)Nc3c4c(cc5c3CCC5)CCC4)cc2)nc1. The van der Waals surface area contributed by atoms with Crippen LogP contribution in [0.2, 0.25) is 0 Å². The zero-order chi connectivity index (χ0) is 26.7. The molecule has 1 aromatic heterocycles. The first-order valence-corrected chi connectivity index (χ1v) is 14.5. The summed E-state index contributed by atoms with van der Waals surface area (Å²) in [6.45, 7) is 2.32. The molecule has 0 saturated carbocycles. The second-order valence-electron chi connectivity index (χ2n) is 9.82. The Hall–Kier alpha value is -3.76. The van der Waals surface area contributed by atoms with Crippen LogP contribution in [0.3, 0.4) is 0 Å². The number of nitrogens with zero attached hydrogens (tertiary/aromatic N) is 2. The number of carbonyl (C=O) groups is 2. The molecule has 0 fully saturated rings. The molecular formula is C28H32N6O3S. The molecule has 0 spiro atoms. The van der Waals surface area contributed by atoms with E-state index in [1.165, 1.54) is 22.3 Å². The number of nitrogens with two attached hydrogens (primary N) is 1. The number of carbonyl (C=O) groups excluding carboxylic acids is 2. The largest absolute Gasteiger partial charge is 0.354 e. The Labute approximate surface area is 222 Å². The number of pyridine rings is 1. The number of amides is 4. The van der Waals surface area contributed by atoms with E-state index in [2.05, 4.69) is 31.4 Å². The average Bonchev–Trinajstić information content (AvgIpc) is 3.55. The van der Waals surface area contributed by atoms with E-state index in [1.54, 1.807) is 36.5 Å². The summed E-state index contributed by atoms with van der Waals surface area (Å²) >= 11 is 0. The van der Waals surface area contributed by atoms with Crippen molar-refractivity contribution in [1.82, 2.24) is 10.3 Å². The summed E-state index contributed by atoms with van der Waals surface area (Å²) in [6, 6.07) is 11.6. The van der Waals surface area contributed by atoms with Gasteiger partial charge in [-0.25, -0.2) is 23.9 Å². The van der Waals surface area contributed by atoms with Crippen molar-refractivity contribution in [2.75, 3.05) is 17.2 Å². The van der Waals surface area contributed by atoms with Gasteiger partial charge < -0.3 is 10.6 Å². The molecular weight excluding hydrogens is 500 g/mol. The van der Waals surface area contributed by atoms with E-state index in [9.17, 15) is 13.8 Å².